The summed E-state index contributed by atoms with van der Waals surface area (Å²) in [6.07, 6.45) is 0. The van der Waals surface area contributed by atoms with E-state index in [1.54, 1.807) is 7.11 Å². The number of methoxy groups -OCH3 is 3. The van der Waals surface area contributed by atoms with Crippen molar-refractivity contribution >= 4 is 5.91 Å². The molecule has 0 saturated carbocycles. The zero-order chi connectivity index (χ0) is 19.9. The number of hydrogen-bond donors (Lipinski definition) is 1. The van der Waals surface area contributed by atoms with Gasteiger partial charge in [-0.25, -0.2) is 0 Å². The fourth-order valence-corrected chi connectivity index (χ4v) is 2.81. The Hall–Kier alpha value is -3.61. The van der Waals surface area contributed by atoms with Crippen molar-refractivity contribution in [3.05, 3.63) is 77.5 Å². The predicted molar refractivity (Wildman–Crippen MR) is 104 cm³/mol. The first-order valence-corrected chi connectivity index (χ1v) is 8.62. The van der Waals surface area contributed by atoms with Crippen molar-refractivity contribution in [1.29, 1.82) is 0 Å². The van der Waals surface area contributed by atoms with E-state index in [-0.39, 0.29) is 17.6 Å². The van der Waals surface area contributed by atoms with Crippen molar-refractivity contribution < 1.29 is 19.0 Å². The van der Waals surface area contributed by atoms with Crippen LogP contribution in [0, 0.1) is 0 Å². The van der Waals surface area contributed by atoms with Crippen molar-refractivity contribution in [2.75, 3.05) is 21.3 Å². The Kier molecular flexibility index (Phi) is 6.06. The number of carbonyl (C=O) groups is 1. The minimum atomic E-state index is -0.434. The van der Waals surface area contributed by atoms with Gasteiger partial charge < -0.3 is 19.5 Å². The number of ether oxygens (including phenoxy) is 3. The maximum atomic E-state index is 13.0. The first-order chi connectivity index (χ1) is 13.7. The molecule has 1 atom stereocenters. The number of rotatable bonds is 7. The Morgan fingerprint density at radius 3 is 2.29 bits per heavy atom. The van der Waals surface area contributed by atoms with Gasteiger partial charge in [0.25, 0.3) is 5.91 Å². The molecule has 0 bridgehead atoms. The van der Waals surface area contributed by atoms with Crippen molar-refractivity contribution in [3.8, 4) is 17.6 Å². The van der Waals surface area contributed by atoms with E-state index in [1.807, 2.05) is 54.6 Å². The lowest BCUT2D eigenvalue weighted by Crippen LogP contribution is -2.30. The second-order valence-corrected chi connectivity index (χ2v) is 5.84. The Labute approximate surface area is 163 Å². The SMILES string of the molecule is COc1cc(C(=O)N[C@H](c2ccccc2)c2ccccc2OC)nc(OC)n1. The Morgan fingerprint density at radius 1 is 0.893 bits per heavy atom. The van der Waals surface area contributed by atoms with Crippen LogP contribution in [0.3, 0.4) is 0 Å². The third-order valence-electron chi connectivity index (χ3n) is 4.16. The van der Waals surface area contributed by atoms with E-state index in [1.165, 1.54) is 20.3 Å². The molecule has 3 aromatic rings. The first-order valence-electron chi connectivity index (χ1n) is 8.62. The summed E-state index contributed by atoms with van der Waals surface area (Å²) in [5.74, 6) is 0.527. The Morgan fingerprint density at radius 2 is 1.61 bits per heavy atom. The van der Waals surface area contributed by atoms with E-state index in [9.17, 15) is 4.79 Å². The molecule has 7 nitrogen and oxygen atoms in total. The number of hydrogen-bond acceptors (Lipinski definition) is 6. The molecule has 0 fully saturated rings. The lowest BCUT2D eigenvalue weighted by molar-refractivity contribution is 0.0935. The van der Waals surface area contributed by atoms with Gasteiger partial charge in [0.1, 0.15) is 11.4 Å². The summed E-state index contributed by atoms with van der Waals surface area (Å²) < 4.78 is 15.7. The molecule has 28 heavy (non-hydrogen) atoms. The molecule has 144 valence electrons. The summed E-state index contributed by atoms with van der Waals surface area (Å²) in [5.41, 5.74) is 1.88. The third kappa shape index (κ3) is 4.20. The topological polar surface area (TPSA) is 82.6 Å². The van der Waals surface area contributed by atoms with Gasteiger partial charge in [-0.1, -0.05) is 48.5 Å². The van der Waals surface area contributed by atoms with Gasteiger partial charge in [-0.2, -0.15) is 9.97 Å². The minimum absolute atomic E-state index is 0.0538. The molecule has 7 heteroatoms. The van der Waals surface area contributed by atoms with Crippen LogP contribution in [0.5, 0.6) is 17.6 Å². The van der Waals surface area contributed by atoms with Gasteiger partial charge in [-0.15, -0.1) is 0 Å². The quantitative estimate of drug-likeness (QED) is 0.679. The fraction of sp³-hybridized carbons (Fsp3) is 0.190. The first kappa shape index (κ1) is 19.2. The van der Waals surface area contributed by atoms with E-state index in [0.29, 0.717) is 5.75 Å². The summed E-state index contributed by atoms with van der Waals surface area (Å²) in [4.78, 5) is 21.1. The zero-order valence-corrected chi connectivity index (χ0v) is 15.9. The maximum absolute atomic E-state index is 13.0. The van der Waals surface area contributed by atoms with Crippen molar-refractivity contribution in [2.24, 2.45) is 0 Å². The monoisotopic (exact) mass is 379 g/mol. The molecule has 3 rings (SSSR count). The average Bonchev–Trinajstić information content (AvgIpc) is 2.77. The highest BCUT2D eigenvalue weighted by atomic mass is 16.5. The summed E-state index contributed by atoms with van der Waals surface area (Å²) in [6, 6.07) is 18.3. The Balaban J connectivity index is 2.00. The molecule has 1 amide bonds. The summed E-state index contributed by atoms with van der Waals surface area (Å²) in [5, 5.41) is 3.02. The molecule has 1 heterocycles. The third-order valence-corrected chi connectivity index (χ3v) is 4.16. The standard InChI is InChI=1S/C21H21N3O4/c1-26-17-12-8-7-11-15(17)19(14-9-5-4-6-10-14)24-20(25)16-13-18(27-2)23-21(22-16)28-3/h4-13,19H,1-3H3,(H,24,25)/t19-/m1/s1. The van der Waals surface area contributed by atoms with Crippen molar-refractivity contribution in [2.45, 2.75) is 6.04 Å². The maximum Gasteiger partial charge on any atom is 0.320 e. The summed E-state index contributed by atoms with van der Waals surface area (Å²) >= 11 is 0. The molecule has 0 aliphatic carbocycles. The van der Waals surface area contributed by atoms with Crippen LogP contribution in [0.4, 0.5) is 0 Å². The van der Waals surface area contributed by atoms with Crippen LogP contribution in [-0.4, -0.2) is 37.2 Å². The number of para-hydroxylation sites is 1. The predicted octanol–water partition coefficient (Wildman–Crippen LogP) is 3.02. The van der Waals surface area contributed by atoms with Gasteiger partial charge >= 0.3 is 6.01 Å². The summed E-state index contributed by atoms with van der Waals surface area (Å²) in [6.45, 7) is 0. The molecule has 0 radical (unpaired) electrons. The van der Waals surface area contributed by atoms with E-state index in [2.05, 4.69) is 15.3 Å². The van der Waals surface area contributed by atoms with Gasteiger partial charge in [0.05, 0.1) is 27.4 Å². The van der Waals surface area contributed by atoms with E-state index in [4.69, 9.17) is 14.2 Å². The molecule has 0 spiro atoms. The molecule has 1 aromatic heterocycles. The van der Waals surface area contributed by atoms with Crippen LogP contribution in [0.2, 0.25) is 0 Å². The highest BCUT2D eigenvalue weighted by molar-refractivity contribution is 5.93. The second kappa shape index (κ2) is 8.85. The highest BCUT2D eigenvalue weighted by Gasteiger charge is 2.22. The highest BCUT2D eigenvalue weighted by Crippen LogP contribution is 2.30. The number of benzene rings is 2. The van der Waals surface area contributed by atoms with Gasteiger partial charge in [-0.05, 0) is 11.6 Å². The normalized spacial score (nSPS) is 11.4. The Bertz CT molecular complexity index is 925. The number of aromatic nitrogens is 2. The molecule has 0 aliphatic heterocycles. The molecule has 1 N–H and O–H groups in total. The molecular formula is C21H21N3O4. The fourth-order valence-electron chi connectivity index (χ4n) is 2.81. The van der Waals surface area contributed by atoms with Crippen LogP contribution in [0.25, 0.3) is 0 Å². The van der Waals surface area contributed by atoms with E-state index < -0.39 is 11.9 Å². The van der Waals surface area contributed by atoms with Crippen LogP contribution in [0.1, 0.15) is 27.7 Å². The van der Waals surface area contributed by atoms with E-state index >= 15 is 0 Å². The second-order valence-electron chi connectivity index (χ2n) is 5.84. The number of amides is 1. The van der Waals surface area contributed by atoms with Gasteiger partial charge in [-0.3, -0.25) is 4.79 Å². The molecule has 2 aromatic carbocycles. The largest absolute Gasteiger partial charge is 0.496 e. The van der Waals surface area contributed by atoms with Crippen LogP contribution >= 0.6 is 0 Å². The van der Waals surface area contributed by atoms with E-state index in [0.717, 1.165) is 11.1 Å². The molecular weight excluding hydrogens is 358 g/mol. The number of nitrogens with zero attached hydrogens (tertiary/aromatic N) is 2. The molecule has 0 saturated heterocycles. The van der Waals surface area contributed by atoms with Crippen molar-refractivity contribution in [3.63, 3.8) is 0 Å². The minimum Gasteiger partial charge on any atom is -0.496 e. The van der Waals surface area contributed by atoms with Gasteiger partial charge in [0.2, 0.25) is 5.88 Å². The van der Waals surface area contributed by atoms with Gasteiger partial charge in [0, 0.05) is 11.6 Å². The summed E-state index contributed by atoms with van der Waals surface area (Å²) in [7, 11) is 4.49. The lowest BCUT2D eigenvalue weighted by Gasteiger charge is -2.22. The molecule has 0 aliphatic rings. The smallest absolute Gasteiger partial charge is 0.320 e. The van der Waals surface area contributed by atoms with Crippen LogP contribution in [0.15, 0.2) is 60.7 Å². The number of nitrogens with one attached hydrogen (secondary N) is 1. The number of carbonyl (C=O) groups excluding carboxylic acids is 1. The van der Waals surface area contributed by atoms with Crippen molar-refractivity contribution in [1.82, 2.24) is 15.3 Å². The average molecular weight is 379 g/mol. The zero-order valence-electron chi connectivity index (χ0n) is 15.9. The van der Waals surface area contributed by atoms with Gasteiger partial charge in [0.15, 0.2) is 0 Å². The van der Waals surface area contributed by atoms with Crippen LogP contribution < -0.4 is 19.5 Å². The molecule has 0 unspecified atom stereocenters. The lowest BCUT2D eigenvalue weighted by atomic mass is 9.97. The van der Waals surface area contributed by atoms with Crippen LogP contribution in [-0.2, 0) is 0 Å².